The lowest BCUT2D eigenvalue weighted by atomic mass is 9.77. The molecule has 11 heteroatoms. The van der Waals surface area contributed by atoms with Crippen LogP contribution in [0.15, 0.2) is 69.5 Å². The number of aromatic nitrogens is 6. The summed E-state index contributed by atoms with van der Waals surface area (Å²) in [5.41, 5.74) is 5.14. The van der Waals surface area contributed by atoms with Crippen LogP contribution in [0.5, 0.6) is 0 Å². The van der Waals surface area contributed by atoms with Gasteiger partial charge in [0.1, 0.15) is 17.8 Å². The number of halogens is 1. The molecule has 1 aliphatic carbocycles. The van der Waals surface area contributed by atoms with E-state index in [0.29, 0.717) is 10.8 Å². The number of hydrogen-bond donors (Lipinski definition) is 2. The molecule has 1 saturated carbocycles. The Morgan fingerprint density at radius 1 is 1.16 bits per heavy atom. The van der Waals surface area contributed by atoms with Gasteiger partial charge in [-0.25, -0.2) is 24.7 Å². The summed E-state index contributed by atoms with van der Waals surface area (Å²) in [5, 5.41) is 4.62. The number of carbonyl (C=O) groups excluding carboxylic acids is 1. The zero-order valence-corrected chi connectivity index (χ0v) is 22.9. The average molecular weight is 591 g/mol. The van der Waals surface area contributed by atoms with E-state index in [1.54, 1.807) is 18.6 Å². The molecule has 1 fully saturated rings. The summed E-state index contributed by atoms with van der Waals surface area (Å²) in [5.74, 6) is 0.191. The molecule has 4 aromatic heterocycles. The molecule has 0 aliphatic heterocycles. The fourth-order valence-corrected chi connectivity index (χ4v) is 6.13. The summed E-state index contributed by atoms with van der Waals surface area (Å²) in [7, 11) is 0. The first-order valence-corrected chi connectivity index (χ1v) is 14.0. The standard InChI is InChI=1S/C27H24BrN7O2S/c1-2-19-22(28)21-23(16-10-17(11-16)32-27(36)37-14-15-6-4-3-5-7-15)34-26(35-25(21)33-19)38-18-12-20-24(31-13-18)30-9-8-29-20/h3-9,12-13,16-17H,2,10-11,14H2,1H3,(H,32,36)(H,33,34,35). The summed E-state index contributed by atoms with van der Waals surface area (Å²) in [6.07, 6.45) is 7.05. The SMILES string of the molecule is CCc1[nH]c2nc(Sc3cnc4nccnc4c3)nc(C3CC(NC(=O)OCc4ccccc4)C3)c2c1Br. The molecule has 0 saturated heterocycles. The maximum absolute atomic E-state index is 12.3. The second-order valence-electron chi connectivity index (χ2n) is 9.13. The number of H-pyrrole nitrogens is 1. The molecule has 0 unspecified atom stereocenters. The molecule has 5 aromatic rings. The number of fused-ring (bicyclic) bond motifs is 2. The van der Waals surface area contributed by atoms with Gasteiger partial charge in [0.2, 0.25) is 0 Å². The van der Waals surface area contributed by atoms with Gasteiger partial charge < -0.3 is 15.0 Å². The van der Waals surface area contributed by atoms with Crippen molar-refractivity contribution < 1.29 is 9.53 Å². The van der Waals surface area contributed by atoms with Crippen molar-refractivity contribution in [1.82, 2.24) is 35.2 Å². The van der Waals surface area contributed by atoms with Gasteiger partial charge in [0.15, 0.2) is 10.8 Å². The van der Waals surface area contributed by atoms with E-state index >= 15 is 0 Å². The minimum atomic E-state index is -0.399. The molecule has 6 rings (SSSR count). The number of carbonyl (C=O) groups is 1. The molecule has 1 aliphatic rings. The van der Waals surface area contributed by atoms with Crippen LogP contribution in [0.4, 0.5) is 4.79 Å². The van der Waals surface area contributed by atoms with E-state index in [1.165, 1.54) is 11.8 Å². The maximum atomic E-state index is 12.3. The van der Waals surface area contributed by atoms with Gasteiger partial charge in [0, 0.05) is 45.6 Å². The van der Waals surface area contributed by atoms with E-state index in [4.69, 9.17) is 14.7 Å². The number of nitrogens with zero attached hydrogens (tertiary/aromatic N) is 5. The normalized spacial score (nSPS) is 16.9. The number of hydrogen-bond acceptors (Lipinski definition) is 8. The molecule has 0 radical (unpaired) electrons. The van der Waals surface area contributed by atoms with Gasteiger partial charge in [-0.3, -0.25) is 4.98 Å². The van der Waals surface area contributed by atoms with Crippen molar-refractivity contribution in [3.8, 4) is 0 Å². The number of ether oxygens (including phenoxy) is 1. The number of pyridine rings is 1. The molecule has 9 nitrogen and oxygen atoms in total. The zero-order chi connectivity index (χ0) is 26.1. The van der Waals surface area contributed by atoms with Crippen LogP contribution in [-0.2, 0) is 17.8 Å². The van der Waals surface area contributed by atoms with E-state index in [9.17, 15) is 4.79 Å². The molecule has 192 valence electrons. The van der Waals surface area contributed by atoms with Crippen molar-refractivity contribution >= 4 is 56.0 Å². The smallest absolute Gasteiger partial charge is 0.407 e. The first kappa shape index (κ1) is 24.7. The lowest BCUT2D eigenvalue weighted by Crippen LogP contribution is -2.43. The number of alkyl carbamates (subject to hydrolysis) is 1. The van der Waals surface area contributed by atoms with Crippen LogP contribution in [0.25, 0.3) is 22.2 Å². The maximum Gasteiger partial charge on any atom is 0.407 e. The van der Waals surface area contributed by atoms with Gasteiger partial charge in [-0.05, 0) is 58.6 Å². The monoisotopic (exact) mass is 589 g/mol. The average Bonchev–Trinajstić information content (AvgIpc) is 3.24. The lowest BCUT2D eigenvalue weighted by Gasteiger charge is -2.35. The van der Waals surface area contributed by atoms with Gasteiger partial charge in [-0.2, -0.15) is 0 Å². The molecule has 1 aromatic carbocycles. The summed E-state index contributed by atoms with van der Waals surface area (Å²) in [4.78, 5) is 39.5. The van der Waals surface area contributed by atoms with Gasteiger partial charge in [0.05, 0.1) is 11.1 Å². The van der Waals surface area contributed by atoms with Crippen molar-refractivity contribution in [1.29, 1.82) is 0 Å². The van der Waals surface area contributed by atoms with Crippen molar-refractivity contribution in [3.05, 3.63) is 76.4 Å². The fourth-order valence-electron chi connectivity index (χ4n) is 4.59. The Bertz CT molecular complexity index is 1620. The molecule has 38 heavy (non-hydrogen) atoms. The van der Waals surface area contributed by atoms with E-state index in [0.717, 1.165) is 62.1 Å². The first-order valence-electron chi connectivity index (χ1n) is 12.4. The van der Waals surface area contributed by atoms with Crippen LogP contribution in [0.3, 0.4) is 0 Å². The van der Waals surface area contributed by atoms with E-state index in [2.05, 4.69) is 48.1 Å². The van der Waals surface area contributed by atoms with Gasteiger partial charge in [-0.1, -0.05) is 37.3 Å². The molecule has 2 N–H and O–H groups in total. The lowest BCUT2D eigenvalue weighted by molar-refractivity contribution is 0.127. The van der Waals surface area contributed by atoms with Crippen LogP contribution in [0, 0.1) is 0 Å². The van der Waals surface area contributed by atoms with Crippen LogP contribution >= 0.6 is 27.7 Å². The summed E-state index contributed by atoms with van der Waals surface area (Å²) in [6, 6.07) is 11.6. The summed E-state index contributed by atoms with van der Waals surface area (Å²) < 4.78 is 6.39. The summed E-state index contributed by atoms with van der Waals surface area (Å²) >= 11 is 5.21. The van der Waals surface area contributed by atoms with E-state index in [-0.39, 0.29) is 18.6 Å². The van der Waals surface area contributed by atoms with Gasteiger partial charge >= 0.3 is 6.09 Å². The number of nitrogens with one attached hydrogen (secondary N) is 2. The largest absolute Gasteiger partial charge is 0.445 e. The Labute approximate surface area is 231 Å². The Kier molecular flexibility index (Phi) is 6.94. The molecule has 4 heterocycles. The quantitative estimate of drug-likeness (QED) is 0.224. The van der Waals surface area contributed by atoms with Crippen LogP contribution in [-0.4, -0.2) is 42.0 Å². The number of amides is 1. The predicted molar refractivity (Wildman–Crippen MR) is 148 cm³/mol. The summed E-state index contributed by atoms with van der Waals surface area (Å²) in [6.45, 7) is 2.35. The van der Waals surface area contributed by atoms with Gasteiger partial charge in [0.25, 0.3) is 0 Å². The second kappa shape index (κ2) is 10.7. The number of benzene rings is 1. The molecule has 0 spiro atoms. The Morgan fingerprint density at radius 3 is 2.79 bits per heavy atom. The van der Waals surface area contributed by atoms with Crippen LogP contribution < -0.4 is 5.32 Å². The van der Waals surface area contributed by atoms with Crippen LogP contribution in [0.2, 0.25) is 0 Å². The topological polar surface area (TPSA) is 119 Å². The minimum absolute atomic E-state index is 0.0380. The highest BCUT2D eigenvalue weighted by Gasteiger charge is 2.35. The third-order valence-corrected chi connectivity index (χ3v) is 8.29. The van der Waals surface area contributed by atoms with Crippen molar-refractivity contribution in [2.45, 2.75) is 54.8 Å². The molecule has 0 atom stereocenters. The Balaban J connectivity index is 1.20. The third kappa shape index (κ3) is 5.08. The highest BCUT2D eigenvalue weighted by Crippen LogP contribution is 2.43. The zero-order valence-electron chi connectivity index (χ0n) is 20.5. The number of aromatic amines is 1. The van der Waals surface area contributed by atoms with Crippen molar-refractivity contribution in [3.63, 3.8) is 0 Å². The van der Waals surface area contributed by atoms with Crippen molar-refractivity contribution in [2.24, 2.45) is 0 Å². The molecule has 1 amide bonds. The van der Waals surface area contributed by atoms with Crippen molar-refractivity contribution in [2.75, 3.05) is 0 Å². The molecular formula is C27H24BrN7O2S. The predicted octanol–water partition coefficient (Wildman–Crippen LogP) is 5.94. The number of aryl methyl sites for hydroxylation is 1. The van der Waals surface area contributed by atoms with Crippen LogP contribution in [0.1, 0.15) is 42.6 Å². The first-order chi connectivity index (χ1) is 18.6. The van der Waals surface area contributed by atoms with E-state index in [1.807, 2.05) is 36.4 Å². The number of rotatable bonds is 7. The Morgan fingerprint density at radius 2 is 1.97 bits per heavy atom. The fraction of sp³-hybridized carbons (Fsp3) is 0.259. The second-order valence-corrected chi connectivity index (χ2v) is 11.0. The Hall–Kier alpha value is -3.57. The minimum Gasteiger partial charge on any atom is -0.445 e. The highest BCUT2D eigenvalue weighted by molar-refractivity contribution is 9.10. The van der Waals surface area contributed by atoms with Gasteiger partial charge in [-0.15, -0.1) is 0 Å². The van der Waals surface area contributed by atoms with E-state index < -0.39 is 6.09 Å². The molecule has 0 bridgehead atoms. The highest BCUT2D eigenvalue weighted by atomic mass is 79.9. The molecular weight excluding hydrogens is 566 g/mol. The third-order valence-electron chi connectivity index (χ3n) is 6.59.